The van der Waals surface area contributed by atoms with Crippen LogP contribution < -0.4 is 10.1 Å². The van der Waals surface area contributed by atoms with Crippen molar-refractivity contribution in [1.29, 1.82) is 0 Å². The molecule has 1 saturated heterocycles. The third-order valence-corrected chi connectivity index (χ3v) is 6.34. The number of amides is 1. The first-order chi connectivity index (χ1) is 14.6. The van der Waals surface area contributed by atoms with E-state index in [2.05, 4.69) is 20.5 Å². The van der Waals surface area contributed by atoms with Crippen molar-refractivity contribution in [3.63, 3.8) is 0 Å². The lowest BCUT2D eigenvalue weighted by atomic mass is 9.93. The molecule has 8 heteroatoms. The average molecular weight is 407 g/mol. The molecule has 156 valence electrons. The van der Waals surface area contributed by atoms with E-state index in [-0.39, 0.29) is 11.9 Å². The van der Waals surface area contributed by atoms with Crippen LogP contribution in [0.1, 0.15) is 32.6 Å². The minimum Gasteiger partial charge on any atom is -0.480 e. The molecule has 1 atom stereocenters. The SMILES string of the molecule is COc1nc2ccccc2cc1-c1nnc(N[C@H](C)C(=O)N2CCC3(CC2)CC3)o1. The Balaban J connectivity index is 1.30. The molecule has 2 fully saturated rings. The molecule has 0 unspecified atom stereocenters. The van der Waals surface area contributed by atoms with Crippen molar-refractivity contribution in [3.05, 3.63) is 30.3 Å². The van der Waals surface area contributed by atoms with Gasteiger partial charge < -0.3 is 19.4 Å². The Kier molecular flexibility index (Phi) is 4.56. The minimum atomic E-state index is -0.442. The van der Waals surface area contributed by atoms with Crippen molar-refractivity contribution in [2.45, 2.75) is 38.6 Å². The maximum absolute atomic E-state index is 12.8. The molecule has 1 aliphatic heterocycles. The average Bonchev–Trinajstić information content (AvgIpc) is 3.37. The van der Waals surface area contributed by atoms with Crippen LogP contribution in [-0.2, 0) is 4.79 Å². The number of likely N-dealkylation sites (tertiary alicyclic amines) is 1. The third kappa shape index (κ3) is 3.46. The van der Waals surface area contributed by atoms with E-state index in [1.54, 1.807) is 7.11 Å². The van der Waals surface area contributed by atoms with Gasteiger partial charge in [-0.3, -0.25) is 4.79 Å². The Hall–Kier alpha value is -3.16. The number of rotatable bonds is 5. The van der Waals surface area contributed by atoms with Crippen molar-refractivity contribution in [3.8, 4) is 17.3 Å². The summed E-state index contributed by atoms with van der Waals surface area (Å²) in [6, 6.07) is 9.43. The highest BCUT2D eigenvalue weighted by atomic mass is 16.5. The number of hydrogen-bond acceptors (Lipinski definition) is 7. The van der Waals surface area contributed by atoms with Gasteiger partial charge in [-0.15, -0.1) is 5.10 Å². The molecular formula is C22H25N5O3. The number of para-hydroxylation sites is 1. The highest BCUT2D eigenvalue weighted by Crippen LogP contribution is 2.53. The molecule has 1 spiro atoms. The number of nitrogens with zero attached hydrogens (tertiary/aromatic N) is 4. The van der Waals surface area contributed by atoms with Crippen LogP contribution in [0.25, 0.3) is 22.4 Å². The van der Waals surface area contributed by atoms with Crippen molar-refractivity contribution < 1.29 is 13.9 Å². The van der Waals surface area contributed by atoms with Crippen LogP contribution in [0.3, 0.4) is 0 Å². The first-order valence-corrected chi connectivity index (χ1v) is 10.4. The standard InChI is InChI=1S/C22H25N5O3/c1-14(20(28)27-11-9-22(7-8-22)10-12-27)23-21-26-25-19(30-21)16-13-15-5-3-4-6-17(15)24-18(16)29-2/h3-6,13-14H,7-12H2,1-2H3,(H,23,26)/t14-/m1/s1. The molecule has 2 aliphatic rings. The van der Waals surface area contributed by atoms with E-state index in [1.807, 2.05) is 42.2 Å². The van der Waals surface area contributed by atoms with Crippen LogP contribution in [0.15, 0.2) is 34.7 Å². The highest BCUT2D eigenvalue weighted by molar-refractivity contribution is 5.85. The maximum Gasteiger partial charge on any atom is 0.316 e. The largest absolute Gasteiger partial charge is 0.480 e. The molecule has 1 aliphatic carbocycles. The Morgan fingerprint density at radius 1 is 1.20 bits per heavy atom. The number of pyridine rings is 1. The van der Waals surface area contributed by atoms with Crippen molar-refractivity contribution in [1.82, 2.24) is 20.1 Å². The summed E-state index contributed by atoms with van der Waals surface area (Å²) in [6.07, 6.45) is 4.87. The predicted molar refractivity (Wildman–Crippen MR) is 112 cm³/mol. The minimum absolute atomic E-state index is 0.0650. The summed E-state index contributed by atoms with van der Waals surface area (Å²) < 4.78 is 11.2. The molecule has 2 aromatic heterocycles. The quantitative estimate of drug-likeness (QED) is 0.692. The number of piperidine rings is 1. The lowest BCUT2D eigenvalue weighted by molar-refractivity contribution is -0.133. The molecule has 1 amide bonds. The highest BCUT2D eigenvalue weighted by Gasteiger charge is 2.45. The molecule has 1 aromatic carbocycles. The Labute approximate surface area is 174 Å². The maximum atomic E-state index is 12.8. The second-order valence-electron chi connectivity index (χ2n) is 8.34. The van der Waals surface area contributed by atoms with E-state index in [0.717, 1.165) is 36.8 Å². The van der Waals surface area contributed by atoms with E-state index in [1.165, 1.54) is 12.8 Å². The molecule has 1 saturated carbocycles. The summed E-state index contributed by atoms with van der Waals surface area (Å²) in [6.45, 7) is 3.49. The second-order valence-corrected chi connectivity index (χ2v) is 8.34. The normalized spacial score (nSPS) is 18.4. The zero-order chi connectivity index (χ0) is 20.7. The summed E-state index contributed by atoms with van der Waals surface area (Å²) >= 11 is 0. The predicted octanol–water partition coefficient (Wildman–Crippen LogP) is 3.50. The number of nitrogens with one attached hydrogen (secondary N) is 1. The van der Waals surface area contributed by atoms with Gasteiger partial charge in [0.2, 0.25) is 11.8 Å². The Bertz CT molecular complexity index is 1080. The number of anilines is 1. The lowest BCUT2D eigenvalue weighted by Crippen LogP contribution is -2.45. The number of aromatic nitrogens is 3. The summed E-state index contributed by atoms with van der Waals surface area (Å²) in [7, 11) is 1.56. The van der Waals surface area contributed by atoms with Crippen LogP contribution in [0.4, 0.5) is 6.01 Å². The van der Waals surface area contributed by atoms with Gasteiger partial charge in [0.1, 0.15) is 11.6 Å². The fraction of sp³-hybridized carbons (Fsp3) is 0.455. The van der Waals surface area contributed by atoms with E-state index in [9.17, 15) is 4.79 Å². The van der Waals surface area contributed by atoms with Crippen LogP contribution in [0.5, 0.6) is 5.88 Å². The molecule has 0 bridgehead atoms. The van der Waals surface area contributed by atoms with Crippen LogP contribution in [0, 0.1) is 5.41 Å². The zero-order valence-corrected chi connectivity index (χ0v) is 17.2. The number of ether oxygens (including phenoxy) is 1. The molecule has 3 heterocycles. The lowest BCUT2D eigenvalue weighted by Gasteiger charge is -2.33. The summed E-state index contributed by atoms with van der Waals surface area (Å²) in [5.41, 5.74) is 1.98. The van der Waals surface area contributed by atoms with Gasteiger partial charge in [0.25, 0.3) is 5.89 Å². The van der Waals surface area contributed by atoms with Gasteiger partial charge in [0.05, 0.1) is 12.6 Å². The number of carbonyl (C=O) groups excluding carboxylic acids is 1. The number of benzene rings is 1. The topological polar surface area (TPSA) is 93.4 Å². The van der Waals surface area contributed by atoms with Crippen molar-refractivity contribution >= 4 is 22.8 Å². The number of methoxy groups -OCH3 is 1. The Morgan fingerprint density at radius 3 is 2.70 bits per heavy atom. The van der Waals surface area contributed by atoms with Crippen LogP contribution >= 0.6 is 0 Å². The first kappa shape index (κ1) is 18.8. The molecule has 3 aromatic rings. The first-order valence-electron chi connectivity index (χ1n) is 10.4. The van der Waals surface area contributed by atoms with Gasteiger partial charge in [-0.1, -0.05) is 23.3 Å². The summed E-state index contributed by atoms with van der Waals surface area (Å²) in [5.74, 6) is 0.770. The van der Waals surface area contributed by atoms with Gasteiger partial charge in [-0.25, -0.2) is 4.98 Å². The van der Waals surface area contributed by atoms with Gasteiger partial charge in [0, 0.05) is 18.5 Å². The molecule has 5 rings (SSSR count). The van der Waals surface area contributed by atoms with Gasteiger partial charge in [-0.2, -0.15) is 0 Å². The van der Waals surface area contributed by atoms with E-state index >= 15 is 0 Å². The molecule has 0 radical (unpaired) electrons. The molecule has 30 heavy (non-hydrogen) atoms. The van der Waals surface area contributed by atoms with Gasteiger partial charge >= 0.3 is 6.01 Å². The molecule has 1 N–H and O–H groups in total. The van der Waals surface area contributed by atoms with Crippen LogP contribution in [0.2, 0.25) is 0 Å². The summed E-state index contributed by atoms with van der Waals surface area (Å²) in [4.78, 5) is 19.3. The van der Waals surface area contributed by atoms with Crippen LogP contribution in [-0.4, -0.2) is 52.2 Å². The summed E-state index contributed by atoms with van der Waals surface area (Å²) in [5, 5.41) is 12.2. The zero-order valence-electron chi connectivity index (χ0n) is 17.2. The molecule has 8 nitrogen and oxygen atoms in total. The Morgan fingerprint density at radius 2 is 1.97 bits per heavy atom. The number of hydrogen-bond donors (Lipinski definition) is 1. The van der Waals surface area contributed by atoms with E-state index in [0.29, 0.717) is 22.7 Å². The number of fused-ring (bicyclic) bond motifs is 1. The second kappa shape index (κ2) is 7.27. The van der Waals surface area contributed by atoms with Crippen molar-refractivity contribution in [2.24, 2.45) is 5.41 Å². The fourth-order valence-electron chi connectivity index (χ4n) is 4.20. The monoisotopic (exact) mass is 407 g/mol. The van der Waals surface area contributed by atoms with E-state index in [4.69, 9.17) is 9.15 Å². The molecular weight excluding hydrogens is 382 g/mol. The fourth-order valence-corrected chi connectivity index (χ4v) is 4.20. The van der Waals surface area contributed by atoms with E-state index < -0.39 is 6.04 Å². The van der Waals surface area contributed by atoms with Gasteiger partial charge in [0.15, 0.2) is 0 Å². The third-order valence-electron chi connectivity index (χ3n) is 6.34. The smallest absolute Gasteiger partial charge is 0.316 e. The van der Waals surface area contributed by atoms with Crippen molar-refractivity contribution in [2.75, 3.05) is 25.5 Å². The number of carbonyl (C=O) groups is 1. The van der Waals surface area contributed by atoms with Gasteiger partial charge in [-0.05, 0) is 50.2 Å².